The molecule has 0 radical (unpaired) electrons. The summed E-state index contributed by atoms with van der Waals surface area (Å²) in [4.78, 5) is 21.7. The van der Waals surface area contributed by atoms with Crippen LogP contribution in [0.4, 0.5) is 0 Å². The van der Waals surface area contributed by atoms with Crippen LogP contribution in [0.1, 0.15) is 22.3 Å². The highest BCUT2D eigenvalue weighted by molar-refractivity contribution is 7.99. The first-order chi connectivity index (χ1) is 14.1. The zero-order valence-electron chi connectivity index (χ0n) is 17.7. The van der Waals surface area contributed by atoms with E-state index in [1.54, 1.807) is 23.9 Å². The van der Waals surface area contributed by atoms with E-state index in [1.165, 1.54) is 25.3 Å². The second kappa shape index (κ2) is 13.1. The summed E-state index contributed by atoms with van der Waals surface area (Å²) in [6.07, 6.45) is 0. The molecular weight excluding hydrogens is 424 g/mol. The van der Waals surface area contributed by atoms with E-state index in [1.807, 2.05) is 19.1 Å². The van der Waals surface area contributed by atoms with Gasteiger partial charge in [0.15, 0.2) is 9.84 Å². The maximum atomic E-state index is 11.6. The summed E-state index contributed by atoms with van der Waals surface area (Å²) in [6.45, 7) is 3.98. The molecule has 2 rings (SSSR count). The number of aryl methyl sites for hydroxylation is 2. The highest BCUT2D eigenvalue weighted by atomic mass is 32.2. The van der Waals surface area contributed by atoms with Gasteiger partial charge in [-0.25, -0.2) is 8.42 Å². The maximum absolute atomic E-state index is 11.6. The number of carbonyl (C=O) groups is 2. The lowest BCUT2D eigenvalue weighted by molar-refractivity contribution is -0.138. The van der Waals surface area contributed by atoms with E-state index in [0.717, 1.165) is 11.3 Å². The number of hydrogen-bond donors (Lipinski definition) is 0. The van der Waals surface area contributed by atoms with Crippen LogP contribution in [0, 0.1) is 13.8 Å². The predicted molar refractivity (Wildman–Crippen MR) is 120 cm³/mol. The monoisotopic (exact) mass is 452 g/mol. The molecule has 0 aliphatic heterocycles. The molecule has 30 heavy (non-hydrogen) atoms. The molecule has 8 heteroatoms. The Hall–Kier alpha value is -2.32. The molecule has 2 aromatic carbocycles. The van der Waals surface area contributed by atoms with Crippen LogP contribution in [0.2, 0.25) is 0 Å². The number of ether oxygens (including phenoxy) is 2. The lowest BCUT2D eigenvalue weighted by atomic mass is 10.2. The fraction of sp³-hybridized carbons (Fsp3) is 0.364. The van der Waals surface area contributed by atoms with E-state index in [9.17, 15) is 18.0 Å². The van der Waals surface area contributed by atoms with E-state index in [2.05, 4.69) is 40.7 Å². The van der Waals surface area contributed by atoms with E-state index in [0.29, 0.717) is 11.3 Å². The first kappa shape index (κ1) is 25.7. The van der Waals surface area contributed by atoms with Crippen molar-refractivity contribution in [2.75, 3.05) is 25.7 Å². The third kappa shape index (κ3) is 11.0. The van der Waals surface area contributed by atoms with Crippen LogP contribution >= 0.6 is 11.8 Å². The fourth-order valence-corrected chi connectivity index (χ4v) is 4.32. The Bertz CT molecular complexity index is 904. The Morgan fingerprint density at radius 3 is 1.73 bits per heavy atom. The summed E-state index contributed by atoms with van der Waals surface area (Å²) in [7, 11) is -0.852. The number of thioether (sulfide) groups is 1. The first-order valence-electron chi connectivity index (χ1n) is 9.18. The second-order valence-electron chi connectivity index (χ2n) is 6.65. The molecule has 0 aromatic heterocycles. The van der Waals surface area contributed by atoms with Gasteiger partial charge in [0.25, 0.3) is 0 Å². The van der Waals surface area contributed by atoms with E-state index < -0.39 is 21.6 Å². The molecule has 0 bridgehead atoms. The van der Waals surface area contributed by atoms with Crippen molar-refractivity contribution in [3.05, 3.63) is 70.8 Å². The SMILES string of the molecule is COC(=O)CS(=O)(=O)Cc1ccc(C)cc1.COC(=O)CSCc1ccc(C)cc1. The average molecular weight is 453 g/mol. The quantitative estimate of drug-likeness (QED) is 0.567. The molecule has 0 aliphatic carbocycles. The van der Waals surface area contributed by atoms with Crippen LogP contribution in [0.25, 0.3) is 0 Å². The third-order valence-electron chi connectivity index (χ3n) is 3.91. The van der Waals surface area contributed by atoms with Gasteiger partial charge >= 0.3 is 11.9 Å². The number of benzene rings is 2. The van der Waals surface area contributed by atoms with Gasteiger partial charge in [-0.05, 0) is 25.0 Å². The van der Waals surface area contributed by atoms with Crippen molar-refractivity contribution in [2.24, 2.45) is 0 Å². The molecule has 0 unspecified atom stereocenters. The molecule has 0 heterocycles. The van der Waals surface area contributed by atoms with Gasteiger partial charge in [0, 0.05) is 5.75 Å². The molecular formula is C22H28O6S2. The van der Waals surface area contributed by atoms with Crippen LogP contribution in [0.15, 0.2) is 48.5 Å². The smallest absolute Gasteiger partial charge is 0.320 e. The van der Waals surface area contributed by atoms with Crippen LogP contribution in [0.5, 0.6) is 0 Å². The molecule has 0 saturated heterocycles. The summed E-state index contributed by atoms with van der Waals surface area (Å²) in [5, 5.41) is 0. The average Bonchev–Trinajstić information content (AvgIpc) is 2.71. The predicted octanol–water partition coefficient (Wildman–Crippen LogP) is 3.48. The van der Waals surface area contributed by atoms with Crippen molar-refractivity contribution < 1.29 is 27.5 Å². The number of hydrogen-bond acceptors (Lipinski definition) is 7. The Balaban J connectivity index is 0.000000303. The zero-order valence-corrected chi connectivity index (χ0v) is 19.3. The van der Waals surface area contributed by atoms with Crippen LogP contribution in [-0.4, -0.2) is 46.1 Å². The number of carbonyl (C=O) groups excluding carboxylic acids is 2. The molecule has 0 spiro atoms. The Morgan fingerprint density at radius 2 is 1.27 bits per heavy atom. The van der Waals surface area contributed by atoms with Crippen molar-refractivity contribution in [1.29, 1.82) is 0 Å². The van der Waals surface area contributed by atoms with Gasteiger partial charge in [-0.15, -0.1) is 11.8 Å². The minimum absolute atomic E-state index is 0.137. The van der Waals surface area contributed by atoms with Crippen LogP contribution in [-0.2, 0) is 40.4 Å². The number of sulfone groups is 1. The summed E-state index contributed by atoms with van der Waals surface area (Å²) in [6, 6.07) is 15.5. The van der Waals surface area contributed by atoms with Gasteiger partial charge in [0.1, 0.15) is 5.75 Å². The van der Waals surface area contributed by atoms with E-state index in [-0.39, 0.29) is 11.7 Å². The van der Waals surface area contributed by atoms with E-state index >= 15 is 0 Å². The molecule has 0 amide bonds. The molecule has 0 N–H and O–H groups in total. The van der Waals surface area contributed by atoms with Crippen molar-refractivity contribution in [1.82, 2.24) is 0 Å². The molecule has 6 nitrogen and oxygen atoms in total. The fourth-order valence-electron chi connectivity index (χ4n) is 2.22. The Labute approximate surface area is 182 Å². The minimum Gasteiger partial charge on any atom is -0.468 e. The number of esters is 2. The lowest BCUT2D eigenvalue weighted by Crippen LogP contribution is -2.18. The summed E-state index contributed by atoms with van der Waals surface area (Å²) >= 11 is 1.57. The second-order valence-corrected chi connectivity index (χ2v) is 9.70. The molecule has 0 saturated carbocycles. The summed E-state index contributed by atoms with van der Waals surface area (Å²) in [5.74, 6) is -0.325. The van der Waals surface area contributed by atoms with Gasteiger partial charge in [0.2, 0.25) is 0 Å². The topological polar surface area (TPSA) is 86.7 Å². The van der Waals surface area contributed by atoms with Crippen molar-refractivity contribution in [3.8, 4) is 0 Å². The van der Waals surface area contributed by atoms with Crippen LogP contribution in [0.3, 0.4) is 0 Å². The number of rotatable bonds is 8. The van der Waals surface area contributed by atoms with Crippen molar-refractivity contribution >= 4 is 33.5 Å². The molecule has 0 fully saturated rings. The maximum Gasteiger partial charge on any atom is 0.320 e. The summed E-state index contributed by atoms with van der Waals surface area (Å²) in [5.41, 5.74) is 4.24. The van der Waals surface area contributed by atoms with E-state index in [4.69, 9.17) is 0 Å². The molecule has 0 atom stereocenters. The molecule has 2 aromatic rings. The standard InChI is InChI=1S/C11H14O4S.C11H14O2S/c1-9-3-5-10(6-4-9)7-16(13,14)8-11(12)15-2;1-9-3-5-10(6-4-9)7-14-8-11(12)13-2/h3-6H,7-8H2,1-2H3;3-6H,7-8H2,1-2H3. The van der Waals surface area contributed by atoms with Gasteiger partial charge in [-0.3, -0.25) is 9.59 Å². The molecule has 0 aliphatic rings. The van der Waals surface area contributed by atoms with Crippen LogP contribution < -0.4 is 0 Å². The number of methoxy groups -OCH3 is 2. The van der Waals surface area contributed by atoms with Gasteiger partial charge < -0.3 is 9.47 Å². The Kier molecular flexibility index (Phi) is 11.2. The van der Waals surface area contributed by atoms with Gasteiger partial charge in [0.05, 0.1) is 25.7 Å². The normalized spacial score (nSPS) is 10.5. The minimum atomic E-state index is -3.43. The van der Waals surface area contributed by atoms with Gasteiger partial charge in [-0.2, -0.15) is 0 Å². The first-order valence-corrected chi connectivity index (χ1v) is 12.2. The lowest BCUT2D eigenvalue weighted by Gasteiger charge is -2.03. The zero-order chi connectivity index (χ0) is 22.6. The summed E-state index contributed by atoms with van der Waals surface area (Å²) < 4.78 is 32.0. The van der Waals surface area contributed by atoms with Crippen molar-refractivity contribution in [2.45, 2.75) is 25.4 Å². The van der Waals surface area contributed by atoms with Crippen molar-refractivity contribution in [3.63, 3.8) is 0 Å². The largest absolute Gasteiger partial charge is 0.468 e. The highest BCUT2D eigenvalue weighted by Gasteiger charge is 2.17. The van der Waals surface area contributed by atoms with Gasteiger partial charge in [-0.1, -0.05) is 59.7 Å². The Morgan fingerprint density at radius 1 is 0.800 bits per heavy atom. The highest BCUT2D eigenvalue weighted by Crippen LogP contribution is 2.13. The third-order valence-corrected chi connectivity index (χ3v) is 6.34. The molecule has 164 valence electrons.